The lowest BCUT2D eigenvalue weighted by atomic mass is 9.81. The van der Waals surface area contributed by atoms with E-state index in [9.17, 15) is 23.5 Å². The van der Waals surface area contributed by atoms with Gasteiger partial charge in [0.25, 0.3) is 5.91 Å². The summed E-state index contributed by atoms with van der Waals surface area (Å²) in [7, 11) is 0. The highest BCUT2D eigenvalue weighted by atomic mass is 19.3. The Balaban J connectivity index is 1.36. The Hall–Kier alpha value is -3.70. The molecule has 0 aliphatic carbocycles. The maximum atomic E-state index is 13.9. The zero-order chi connectivity index (χ0) is 28.0. The molecule has 2 fully saturated rings. The molecule has 2 atom stereocenters. The molecule has 2 aromatic carbocycles. The van der Waals surface area contributed by atoms with Crippen LogP contribution in [-0.4, -0.2) is 88.3 Å². The van der Waals surface area contributed by atoms with Gasteiger partial charge in [0, 0.05) is 49.2 Å². The van der Waals surface area contributed by atoms with Gasteiger partial charge in [0.05, 0.1) is 19.3 Å². The minimum Gasteiger partial charge on any atom is -0.508 e. The Morgan fingerprint density at radius 3 is 2.70 bits per heavy atom. The number of morpholine rings is 1. The van der Waals surface area contributed by atoms with Gasteiger partial charge in [-0.25, -0.2) is 4.79 Å². The number of phenolic OH excluding ortho intramolecular Hbond substituents is 1. The summed E-state index contributed by atoms with van der Waals surface area (Å²) in [4.78, 5) is 36.6. The molecule has 2 saturated heterocycles. The lowest BCUT2D eigenvalue weighted by Gasteiger charge is -2.42. The van der Waals surface area contributed by atoms with Crippen molar-refractivity contribution in [2.75, 3.05) is 39.4 Å². The number of ether oxygens (including phenoxy) is 2. The number of benzene rings is 2. The summed E-state index contributed by atoms with van der Waals surface area (Å²) >= 11 is 0. The predicted molar refractivity (Wildman–Crippen MR) is 142 cm³/mol. The summed E-state index contributed by atoms with van der Waals surface area (Å²) in [5.74, 6) is -0.129. The van der Waals surface area contributed by atoms with Crippen molar-refractivity contribution in [3.05, 3.63) is 59.3 Å². The normalized spacial score (nSPS) is 23.2. The third-order valence-electron chi connectivity index (χ3n) is 8.28. The van der Waals surface area contributed by atoms with E-state index in [-0.39, 0.29) is 29.9 Å². The van der Waals surface area contributed by atoms with E-state index < -0.39 is 18.2 Å². The fraction of sp³-hybridized carbons (Fsp3) is 0.448. The number of aromatic amines is 1. The average Bonchev–Trinajstić information content (AvgIpc) is 3.36. The van der Waals surface area contributed by atoms with E-state index in [0.29, 0.717) is 43.5 Å². The number of aromatic hydroxyl groups is 1. The van der Waals surface area contributed by atoms with Crippen LogP contribution in [0.2, 0.25) is 0 Å². The molecule has 9 nitrogen and oxygen atoms in total. The maximum absolute atomic E-state index is 13.9. The molecule has 1 unspecified atom stereocenters. The number of imide groups is 1. The number of alkyl halides is 2. The minimum absolute atomic E-state index is 0.0278. The number of nitrogens with zero attached hydrogens (tertiary/aromatic N) is 3. The quantitative estimate of drug-likeness (QED) is 0.408. The van der Waals surface area contributed by atoms with Crippen LogP contribution in [0.25, 0.3) is 10.9 Å². The van der Waals surface area contributed by atoms with Crippen LogP contribution >= 0.6 is 0 Å². The van der Waals surface area contributed by atoms with E-state index in [4.69, 9.17) is 4.74 Å². The van der Waals surface area contributed by atoms with Crippen LogP contribution in [-0.2, 0) is 22.4 Å². The summed E-state index contributed by atoms with van der Waals surface area (Å²) in [6.07, 6.45) is 1.24. The number of fused-ring (bicyclic) bond motifs is 4. The molecular weight excluding hydrogens is 522 g/mol. The molecule has 0 radical (unpaired) electrons. The molecule has 2 N–H and O–H groups in total. The second-order valence-electron chi connectivity index (χ2n) is 10.9. The molecule has 0 saturated carbocycles. The van der Waals surface area contributed by atoms with Crippen LogP contribution in [0.3, 0.4) is 0 Å². The monoisotopic (exact) mass is 554 g/mol. The second-order valence-corrected chi connectivity index (χ2v) is 10.9. The Kier molecular flexibility index (Phi) is 6.87. The largest absolute Gasteiger partial charge is 0.508 e. The van der Waals surface area contributed by atoms with Gasteiger partial charge in [-0.2, -0.15) is 8.78 Å². The van der Waals surface area contributed by atoms with Gasteiger partial charge in [0.1, 0.15) is 17.0 Å². The number of rotatable bonds is 8. The highest BCUT2D eigenvalue weighted by molar-refractivity contribution is 6.08. The van der Waals surface area contributed by atoms with E-state index in [2.05, 4.69) is 14.6 Å². The van der Waals surface area contributed by atoms with Gasteiger partial charge in [0.15, 0.2) is 0 Å². The molecule has 212 valence electrons. The second kappa shape index (κ2) is 10.4. The van der Waals surface area contributed by atoms with E-state index in [1.807, 2.05) is 6.07 Å². The van der Waals surface area contributed by atoms with Crippen LogP contribution in [0.4, 0.5) is 13.6 Å². The Bertz CT molecular complexity index is 1440. The Morgan fingerprint density at radius 2 is 1.95 bits per heavy atom. The number of halogens is 2. The predicted octanol–water partition coefficient (Wildman–Crippen LogP) is 4.06. The highest BCUT2D eigenvalue weighted by Crippen LogP contribution is 2.48. The van der Waals surface area contributed by atoms with E-state index in [1.165, 1.54) is 11.0 Å². The molecular formula is C29H32F2N4O5. The smallest absolute Gasteiger partial charge is 0.387 e. The van der Waals surface area contributed by atoms with Gasteiger partial charge >= 0.3 is 12.6 Å². The van der Waals surface area contributed by atoms with Crippen molar-refractivity contribution in [2.24, 2.45) is 0 Å². The number of urea groups is 1. The number of amides is 3. The van der Waals surface area contributed by atoms with Crippen LogP contribution in [0.15, 0.2) is 42.5 Å². The summed E-state index contributed by atoms with van der Waals surface area (Å²) in [6.45, 7) is 2.92. The van der Waals surface area contributed by atoms with E-state index in [1.54, 1.807) is 42.2 Å². The van der Waals surface area contributed by atoms with Gasteiger partial charge in [-0.3, -0.25) is 14.6 Å². The summed E-state index contributed by atoms with van der Waals surface area (Å²) < 4.78 is 36.0. The van der Waals surface area contributed by atoms with Gasteiger partial charge in [-0.05, 0) is 61.2 Å². The highest BCUT2D eigenvalue weighted by Gasteiger charge is 2.59. The van der Waals surface area contributed by atoms with Crippen LogP contribution in [0, 0.1) is 0 Å². The average molecular weight is 555 g/mol. The third kappa shape index (κ3) is 4.66. The number of H-pyrrole nitrogens is 1. The first-order valence-electron chi connectivity index (χ1n) is 13.6. The van der Waals surface area contributed by atoms with Crippen molar-refractivity contribution in [2.45, 2.75) is 44.4 Å². The molecule has 3 aromatic rings. The number of hydrogen-bond acceptors (Lipinski definition) is 6. The lowest BCUT2D eigenvalue weighted by molar-refractivity contribution is -0.133. The first-order chi connectivity index (χ1) is 19.2. The van der Waals surface area contributed by atoms with Crippen molar-refractivity contribution in [1.29, 1.82) is 0 Å². The van der Waals surface area contributed by atoms with E-state index >= 15 is 0 Å². The molecule has 40 heavy (non-hydrogen) atoms. The SMILES string of the molecule is C[C@@]12Cc3c([nH]c4ccc(OC(F)F)cc34)C(Cc3cccc(O)c3)N1C(=O)N(CCCN1CCOCC1)C2=O. The van der Waals surface area contributed by atoms with E-state index in [0.717, 1.165) is 36.5 Å². The first-order valence-corrected chi connectivity index (χ1v) is 13.6. The molecule has 1 aromatic heterocycles. The van der Waals surface area contributed by atoms with Gasteiger partial charge in [-0.1, -0.05) is 12.1 Å². The molecule has 3 aliphatic rings. The van der Waals surface area contributed by atoms with Crippen molar-refractivity contribution >= 4 is 22.8 Å². The summed E-state index contributed by atoms with van der Waals surface area (Å²) in [5.41, 5.74) is 1.90. The molecule has 0 bridgehead atoms. The number of nitrogens with one attached hydrogen (secondary N) is 1. The Morgan fingerprint density at radius 1 is 1.15 bits per heavy atom. The van der Waals surface area contributed by atoms with Crippen LogP contribution < -0.4 is 4.74 Å². The Labute approximate surface area is 230 Å². The van der Waals surface area contributed by atoms with Crippen molar-refractivity contribution in [3.8, 4) is 11.5 Å². The van der Waals surface area contributed by atoms with Crippen molar-refractivity contribution in [1.82, 2.24) is 19.7 Å². The molecule has 4 heterocycles. The third-order valence-corrected chi connectivity index (χ3v) is 8.28. The maximum Gasteiger partial charge on any atom is 0.387 e. The van der Waals surface area contributed by atoms with Crippen molar-refractivity contribution in [3.63, 3.8) is 0 Å². The fourth-order valence-electron chi connectivity index (χ4n) is 6.41. The van der Waals surface area contributed by atoms with Crippen LogP contribution in [0.1, 0.15) is 36.2 Å². The number of hydrogen-bond donors (Lipinski definition) is 2. The van der Waals surface area contributed by atoms with Gasteiger partial charge in [-0.15, -0.1) is 0 Å². The number of aromatic nitrogens is 1. The molecule has 11 heteroatoms. The number of phenols is 1. The summed E-state index contributed by atoms with van der Waals surface area (Å²) in [6, 6.07) is 10.6. The molecule has 6 rings (SSSR count). The topological polar surface area (TPSA) is 98.3 Å². The zero-order valence-corrected chi connectivity index (χ0v) is 22.2. The first kappa shape index (κ1) is 26.5. The van der Waals surface area contributed by atoms with Crippen LogP contribution in [0.5, 0.6) is 11.5 Å². The standard InChI is InChI=1S/C29H32F2N4O5/c1-29-17-22-21-16-20(40-27(30)31)6-7-23(21)32-25(22)24(15-18-4-2-5-19(36)14-18)35(29)28(38)34(26(29)37)9-3-8-33-10-12-39-13-11-33/h2,4-7,14,16,24,27,32,36H,3,8-13,15,17H2,1H3/t24?,29-/m0/s1. The van der Waals surface area contributed by atoms with Gasteiger partial charge < -0.3 is 24.5 Å². The summed E-state index contributed by atoms with van der Waals surface area (Å²) in [5, 5.41) is 10.8. The molecule has 3 aliphatic heterocycles. The van der Waals surface area contributed by atoms with Crippen molar-refractivity contribution < 1.29 is 33.0 Å². The number of carbonyl (C=O) groups excluding carboxylic acids is 2. The molecule has 0 spiro atoms. The zero-order valence-electron chi connectivity index (χ0n) is 22.2. The number of carbonyl (C=O) groups is 2. The lowest BCUT2D eigenvalue weighted by Crippen LogP contribution is -2.53. The molecule has 3 amide bonds. The fourth-order valence-corrected chi connectivity index (χ4v) is 6.41. The van der Waals surface area contributed by atoms with Gasteiger partial charge in [0.2, 0.25) is 0 Å². The minimum atomic E-state index is -2.96.